The van der Waals surface area contributed by atoms with Crippen molar-refractivity contribution < 1.29 is 9.59 Å². The highest BCUT2D eigenvalue weighted by atomic mass is 16.1. The maximum atomic E-state index is 11.9. The van der Waals surface area contributed by atoms with Gasteiger partial charge < -0.3 is 0 Å². The van der Waals surface area contributed by atoms with Gasteiger partial charge in [0.1, 0.15) is 11.6 Å². The van der Waals surface area contributed by atoms with Gasteiger partial charge in [0.15, 0.2) is 0 Å². The fraction of sp³-hybridized carbons (Fsp3) is 0.500. The lowest BCUT2D eigenvalue weighted by molar-refractivity contribution is -0.119. The number of hydrogen-bond donors (Lipinski definition) is 0. The third kappa shape index (κ3) is 1.90. The van der Waals surface area contributed by atoms with Gasteiger partial charge in [-0.2, -0.15) is 0 Å². The SMILES string of the molecule is O=C1CCCC1c1ccccc1C1CCCC1=O. The largest absolute Gasteiger partial charge is 0.299 e. The molecule has 0 radical (unpaired) electrons. The minimum Gasteiger partial charge on any atom is -0.299 e. The third-order valence-electron chi connectivity index (χ3n) is 4.36. The van der Waals surface area contributed by atoms with Crippen LogP contribution in [0.5, 0.6) is 0 Å². The number of carbonyl (C=O) groups is 2. The molecule has 1 aromatic carbocycles. The van der Waals surface area contributed by atoms with Crippen LogP contribution in [0.3, 0.4) is 0 Å². The summed E-state index contributed by atoms with van der Waals surface area (Å²) in [5.41, 5.74) is 2.25. The molecule has 0 N–H and O–H groups in total. The van der Waals surface area contributed by atoms with Crippen molar-refractivity contribution in [2.45, 2.75) is 50.4 Å². The summed E-state index contributed by atoms with van der Waals surface area (Å²) in [6.07, 6.45) is 5.32. The molecule has 0 saturated heterocycles. The van der Waals surface area contributed by atoms with Crippen molar-refractivity contribution in [3.63, 3.8) is 0 Å². The Morgan fingerprint density at radius 2 is 1.22 bits per heavy atom. The van der Waals surface area contributed by atoms with Crippen LogP contribution in [0, 0.1) is 0 Å². The van der Waals surface area contributed by atoms with Gasteiger partial charge in [-0.05, 0) is 36.8 Å². The van der Waals surface area contributed by atoms with E-state index in [1.807, 2.05) is 12.1 Å². The fourth-order valence-corrected chi connectivity index (χ4v) is 3.43. The average Bonchev–Trinajstić information content (AvgIpc) is 2.98. The number of rotatable bonds is 2. The Morgan fingerprint density at radius 1 is 0.778 bits per heavy atom. The number of hydrogen-bond acceptors (Lipinski definition) is 2. The number of ketones is 2. The molecule has 0 heterocycles. The molecule has 2 heteroatoms. The predicted molar refractivity (Wildman–Crippen MR) is 69.6 cm³/mol. The van der Waals surface area contributed by atoms with Crippen LogP contribution in [0.2, 0.25) is 0 Å². The van der Waals surface area contributed by atoms with Crippen LogP contribution in [0.25, 0.3) is 0 Å². The molecule has 2 aliphatic rings. The molecule has 0 spiro atoms. The summed E-state index contributed by atoms with van der Waals surface area (Å²) in [6, 6.07) is 8.08. The van der Waals surface area contributed by atoms with E-state index < -0.39 is 0 Å². The zero-order valence-electron chi connectivity index (χ0n) is 10.5. The van der Waals surface area contributed by atoms with Crippen molar-refractivity contribution in [1.82, 2.24) is 0 Å². The molecule has 1 aromatic rings. The Morgan fingerprint density at radius 3 is 1.56 bits per heavy atom. The monoisotopic (exact) mass is 242 g/mol. The van der Waals surface area contributed by atoms with E-state index in [1.54, 1.807) is 0 Å². The topological polar surface area (TPSA) is 34.1 Å². The van der Waals surface area contributed by atoms with Crippen molar-refractivity contribution in [3.05, 3.63) is 35.4 Å². The van der Waals surface area contributed by atoms with E-state index in [2.05, 4.69) is 12.1 Å². The summed E-state index contributed by atoms with van der Waals surface area (Å²) in [6.45, 7) is 0. The average molecular weight is 242 g/mol. The highest BCUT2D eigenvalue weighted by Gasteiger charge is 2.33. The van der Waals surface area contributed by atoms with Gasteiger partial charge in [-0.15, -0.1) is 0 Å². The van der Waals surface area contributed by atoms with Gasteiger partial charge in [-0.25, -0.2) is 0 Å². The quantitative estimate of drug-likeness (QED) is 0.797. The van der Waals surface area contributed by atoms with E-state index in [4.69, 9.17) is 0 Å². The third-order valence-corrected chi connectivity index (χ3v) is 4.36. The zero-order chi connectivity index (χ0) is 12.5. The van der Waals surface area contributed by atoms with Crippen LogP contribution in [0.1, 0.15) is 61.5 Å². The Kier molecular flexibility index (Phi) is 3.02. The van der Waals surface area contributed by atoms with Gasteiger partial charge in [-0.3, -0.25) is 9.59 Å². The standard InChI is InChI=1S/C16H18O2/c17-15-9-3-7-13(15)11-5-1-2-6-12(11)14-8-4-10-16(14)18/h1-2,5-6,13-14H,3-4,7-10H2. The Balaban J connectivity index is 1.99. The maximum absolute atomic E-state index is 11.9. The highest BCUT2D eigenvalue weighted by Crippen LogP contribution is 2.39. The van der Waals surface area contributed by atoms with Crippen LogP contribution >= 0.6 is 0 Å². The lowest BCUT2D eigenvalue weighted by atomic mass is 9.85. The van der Waals surface area contributed by atoms with Crippen LogP contribution < -0.4 is 0 Å². The minimum atomic E-state index is 0.0506. The van der Waals surface area contributed by atoms with Crippen LogP contribution in [0.15, 0.2) is 24.3 Å². The van der Waals surface area contributed by atoms with E-state index in [0.29, 0.717) is 24.4 Å². The molecular formula is C16H18O2. The molecule has 18 heavy (non-hydrogen) atoms. The second-order valence-corrected chi connectivity index (χ2v) is 5.45. The first-order valence-corrected chi connectivity index (χ1v) is 6.91. The minimum absolute atomic E-state index is 0.0506. The summed E-state index contributed by atoms with van der Waals surface area (Å²) >= 11 is 0. The van der Waals surface area contributed by atoms with Crippen molar-refractivity contribution in [3.8, 4) is 0 Å². The van der Waals surface area contributed by atoms with Gasteiger partial charge in [0.05, 0.1) is 0 Å². The highest BCUT2D eigenvalue weighted by molar-refractivity contribution is 5.91. The molecule has 2 saturated carbocycles. The molecule has 2 fully saturated rings. The smallest absolute Gasteiger partial charge is 0.140 e. The van der Waals surface area contributed by atoms with E-state index in [0.717, 1.165) is 36.8 Å². The normalized spacial score (nSPS) is 28.0. The zero-order valence-corrected chi connectivity index (χ0v) is 10.5. The van der Waals surface area contributed by atoms with Crippen LogP contribution in [0.4, 0.5) is 0 Å². The Labute approximate surface area is 107 Å². The summed E-state index contributed by atoms with van der Waals surface area (Å²) in [4.78, 5) is 23.9. The van der Waals surface area contributed by atoms with E-state index >= 15 is 0 Å². The molecule has 2 nitrogen and oxygen atoms in total. The molecule has 3 rings (SSSR count). The molecule has 2 atom stereocenters. The Bertz CT molecular complexity index is 445. The molecular weight excluding hydrogens is 224 g/mol. The first-order valence-electron chi connectivity index (χ1n) is 6.91. The maximum Gasteiger partial charge on any atom is 0.140 e. The summed E-state index contributed by atoms with van der Waals surface area (Å²) in [7, 11) is 0. The second kappa shape index (κ2) is 4.68. The van der Waals surface area contributed by atoms with Crippen molar-refractivity contribution in [1.29, 1.82) is 0 Å². The lowest BCUT2D eigenvalue weighted by Gasteiger charge is -2.18. The van der Waals surface area contributed by atoms with Gasteiger partial charge in [0.2, 0.25) is 0 Å². The summed E-state index contributed by atoms with van der Waals surface area (Å²) < 4.78 is 0. The van der Waals surface area contributed by atoms with E-state index in [9.17, 15) is 9.59 Å². The van der Waals surface area contributed by atoms with Crippen LogP contribution in [-0.4, -0.2) is 11.6 Å². The van der Waals surface area contributed by atoms with Gasteiger partial charge >= 0.3 is 0 Å². The van der Waals surface area contributed by atoms with Gasteiger partial charge in [-0.1, -0.05) is 24.3 Å². The number of carbonyl (C=O) groups excluding carboxylic acids is 2. The Hall–Kier alpha value is -1.44. The molecule has 0 aliphatic heterocycles. The first-order chi connectivity index (χ1) is 8.77. The second-order valence-electron chi connectivity index (χ2n) is 5.45. The number of Topliss-reactive ketones (excluding diaryl/α,β-unsaturated/α-hetero) is 2. The first kappa shape index (κ1) is 11.6. The molecule has 0 aromatic heterocycles. The van der Waals surface area contributed by atoms with E-state index in [1.165, 1.54) is 0 Å². The van der Waals surface area contributed by atoms with Crippen LogP contribution in [-0.2, 0) is 9.59 Å². The predicted octanol–water partition coefficient (Wildman–Crippen LogP) is 3.36. The molecule has 2 unspecified atom stereocenters. The van der Waals surface area contributed by atoms with Crippen molar-refractivity contribution in [2.75, 3.05) is 0 Å². The molecule has 0 amide bonds. The summed E-state index contributed by atoms with van der Waals surface area (Å²) in [5.74, 6) is 0.810. The van der Waals surface area contributed by atoms with Crippen molar-refractivity contribution >= 4 is 11.6 Å². The molecule has 2 aliphatic carbocycles. The lowest BCUT2D eigenvalue weighted by Crippen LogP contribution is -2.12. The molecule has 0 bridgehead atoms. The summed E-state index contributed by atoms with van der Waals surface area (Å²) in [5, 5.41) is 0. The van der Waals surface area contributed by atoms with Gasteiger partial charge in [0, 0.05) is 24.7 Å². The number of benzene rings is 1. The van der Waals surface area contributed by atoms with E-state index in [-0.39, 0.29) is 11.8 Å². The molecule has 94 valence electrons. The van der Waals surface area contributed by atoms with Gasteiger partial charge in [0.25, 0.3) is 0 Å². The fourth-order valence-electron chi connectivity index (χ4n) is 3.43. The van der Waals surface area contributed by atoms with Crippen molar-refractivity contribution in [2.24, 2.45) is 0 Å².